The number of unbranched alkanes of at least 4 members (excludes halogenated alkanes) is 1. The van der Waals surface area contributed by atoms with Gasteiger partial charge in [-0.25, -0.2) is 0 Å². The molecule has 0 spiro atoms. The molecule has 1 aromatic carbocycles. The largest absolute Gasteiger partial charge is 0.388 e. The Labute approximate surface area is 105 Å². The first-order valence-corrected chi connectivity index (χ1v) is 6.09. The number of benzene rings is 1. The van der Waals surface area contributed by atoms with Gasteiger partial charge in [0, 0.05) is 12.7 Å². The van der Waals surface area contributed by atoms with Crippen LogP contribution < -0.4 is 5.32 Å². The number of anilines is 1. The Hall–Kier alpha value is -1.57. The average Bonchev–Trinajstić information content (AvgIpc) is 2.37. The van der Waals surface area contributed by atoms with E-state index in [2.05, 4.69) is 19.2 Å². The van der Waals surface area contributed by atoms with E-state index in [4.69, 9.17) is 0 Å². The first-order valence-electron chi connectivity index (χ1n) is 6.09. The number of aryl methyl sites for hydroxylation is 1. The maximum atomic E-state index is 10.1. The fourth-order valence-corrected chi connectivity index (χ4v) is 1.17. The predicted molar refractivity (Wildman–Crippen MR) is 76.4 cm³/mol. The monoisotopic (exact) mass is 233 g/mol. The van der Waals surface area contributed by atoms with E-state index >= 15 is 0 Å². The van der Waals surface area contributed by atoms with Gasteiger partial charge in [-0.3, -0.25) is 4.79 Å². The van der Waals surface area contributed by atoms with Gasteiger partial charge in [0.15, 0.2) is 0 Å². The van der Waals surface area contributed by atoms with Crippen LogP contribution in [0.5, 0.6) is 0 Å². The molecule has 1 rings (SSSR count). The zero-order chi connectivity index (χ0) is 13.1. The van der Waals surface area contributed by atoms with Crippen molar-refractivity contribution >= 4 is 18.0 Å². The summed E-state index contributed by atoms with van der Waals surface area (Å²) in [4.78, 5) is 10.1. The molecule has 0 unspecified atom stereocenters. The first-order chi connectivity index (χ1) is 8.19. The molecule has 2 heteroatoms. The van der Waals surface area contributed by atoms with Crippen LogP contribution in [-0.2, 0) is 4.79 Å². The van der Waals surface area contributed by atoms with Gasteiger partial charge in [0.25, 0.3) is 0 Å². The van der Waals surface area contributed by atoms with Crippen molar-refractivity contribution in [2.75, 3.05) is 12.4 Å². The van der Waals surface area contributed by atoms with Crippen LogP contribution in [0.25, 0.3) is 6.08 Å². The van der Waals surface area contributed by atoms with Gasteiger partial charge in [-0.1, -0.05) is 38.8 Å². The van der Waals surface area contributed by atoms with Crippen LogP contribution in [0.2, 0.25) is 0 Å². The highest BCUT2D eigenvalue weighted by molar-refractivity contribution is 5.78. The van der Waals surface area contributed by atoms with Crippen LogP contribution in [0, 0.1) is 6.92 Å². The molecule has 94 valence electrons. The van der Waals surface area contributed by atoms with Crippen molar-refractivity contribution in [3.8, 4) is 0 Å². The number of hydrogen-bond donors (Lipinski definition) is 1. The average molecular weight is 233 g/mol. The smallest absolute Gasteiger partial charge is 0.142 e. The standard InChI is InChI=1S/C11H13NO.C4H10/c1-9-5-6-10(4-3-7-13)11(8-9)12-2;1-3-4-2/h3-8,12H,1-2H3;3-4H2,1-2H3/b4-3-;. The highest BCUT2D eigenvalue weighted by Crippen LogP contribution is 2.17. The van der Waals surface area contributed by atoms with Crippen molar-refractivity contribution < 1.29 is 4.79 Å². The summed E-state index contributed by atoms with van der Waals surface area (Å²) in [5.74, 6) is 0. The van der Waals surface area contributed by atoms with E-state index < -0.39 is 0 Å². The molecule has 1 N–H and O–H groups in total. The van der Waals surface area contributed by atoms with Crippen LogP contribution in [-0.4, -0.2) is 13.3 Å². The summed E-state index contributed by atoms with van der Waals surface area (Å²) in [5, 5.41) is 3.08. The van der Waals surface area contributed by atoms with E-state index in [1.165, 1.54) is 24.5 Å². The summed E-state index contributed by atoms with van der Waals surface area (Å²) in [7, 11) is 1.87. The molecule has 0 radical (unpaired) electrons. The molecule has 1 aromatic rings. The van der Waals surface area contributed by atoms with E-state index in [0.29, 0.717) is 0 Å². The van der Waals surface area contributed by atoms with Gasteiger partial charge in [-0.05, 0) is 36.3 Å². The molecule has 0 aliphatic carbocycles. The molecule has 0 aliphatic heterocycles. The quantitative estimate of drug-likeness (QED) is 0.627. The number of hydrogen-bond acceptors (Lipinski definition) is 2. The van der Waals surface area contributed by atoms with Crippen LogP contribution >= 0.6 is 0 Å². The maximum absolute atomic E-state index is 10.1. The summed E-state index contributed by atoms with van der Waals surface area (Å²) in [6, 6.07) is 6.05. The molecule has 0 amide bonds. The van der Waals surface area contributed by atoms with Crippen molar-refractivity contribution in [1.82, 2.24) is 0 Å². The van der Waals surface area contributed by atoms with E-state index in [9.17, 15) is 4.79 Å². The van der Waals surface area contributed by atoms with Gasteiger partial charge < -0.3 is 5.32 Å². The summed E-state index contributed by atoms with van der Waals surface area (Å²) in [6.45, 7) is 6.40. The molecule has 2 nitrogen and oxygen atoms in total. The number of rotatable bonds is 4. The molecule has 0 heterocycles. The fraction of sp³-hybridized carbons (Fsp3) is 0.400. The Balaban J connectivity index is 0.000000557. The van der Waals surface area contributed by atoms with E-state index in [-0.39, 0.29) is 0 Å². The molecule has 0 aliphatic rings. The third-order valence-electron chi connectivity index (χ3n) is 2.33. The van der Waals surface area contributed by atoms with Crippen molar-refractivity contribution in [3.63, 3.8) is 0 Å². The molecule has 17 heavy (non-hydrogen) atoms. The third kappa shape index (κ3) is 6.56. The molecule has 0 saturated carbocycles. The zero-order valence-electron chi connectivity index (χ0n) is 11.3. The second-order valence-electron chi connectivity index (χ2n) is 3.84. The van der Waals surface area contributed by atoms with Crippen LogP contribution in [0.4, 0.5) is 5.69 Å². The van der Waals surface area contributed by atoms with Crippen molar-refractivity contribution in [2.24, 2.45) is 0 Å². The maximum Gasteiger partial charge on any atom is 0.142 e. The Morgan fingerprint density at radius 1 is 1.24 bits per heavy atom. The Morgan fingerprint density at radius 3 is 2.35 bits per heavy atom. The van der Waals surface area contributed by atoms with E-state index in [0.717, 1.165) is 17.5 Å². The molecule has 0 bridgehead atoms. The third-order valence-corrected chi connectivity index (χ3v) is 2.33. The summed E-state index contributed by atoms with van der Waals surface area (Å²) >= 11 is 0. The van der Waals surface area contributed by atoms with Gasteiger partial charge in [0.1, 0.15) is 6.29 Å². The minimum atomic E-state index is 0.777. The highest BCUT2D eigenvalue weighted by atomic mass is 16.1. The Kier molecular flexibility index (Phi) is 8.75. The first kappa shape index (κ1) is 15.4. The lowest BCUT2D eigenvalue weighted by Gasteiger charge is -2.05. The highest BCUT2D eigenvalue weighted by Gasteiger charge is 1.96. The summed E-state index contributed by atoms with van der Waals surface area (Å²) in [5.41, 5.74) is 3.27. The summed E-state index contributed by atoms with van der Waals surface area (Å²) < 4.78 is 0. The SMILES string of the molecule is CCCC.CNc1cc(C)ccc1/C=C\C=O. The molecule has 0 saturated heterocycles. The number of carbonyl (C=O) groups is 1. The van der Waals surface area contributed by atoms with Crippen molar-refractivity contribution in [3.05, 3.63) is 35.4 Å². The van der Waals surface area contributed by atoms with Crippen LogP contribution in [0.1, 0.15) is 37.8 Å². The van der Waals surface area contributed by atoms with Crippen molar-refractivity contribution in [2.45, 2.75) is 33.6 Å². The molecule has 0 atom stereocenters. The molecular formula is C15H23NO. The predicted octanol–water partition coefficient (Wildman–Crippen LogP) is 4.06. The van der Waals surface area contributed by atoms with Crippen molar-refractivity contribution in [1.29, 1.82) is 0 Å². The number of aldehydes is 1. The van der Waals surface area contributed by atoms with Gasteiger partial charge in [-0.2, -0.15) is 0 Å². The normalized spacial score (nSPS) is 9.65. The number of nitrogens with one attached hydrogen (secondary N) is 1. The van der Waals surface area contributed by atoms with E-state index in [1.807, 2.05) is 32.2 Å². The molecule has 0 fully saturated rings. The topological polar surface area (TPSA) is 29.1 Å². The van der Waals surface area contributed by atoms with Gasteiger partial charge in [-0.15, -0.1) is 0 Å². The number of allylic oxidation sites excluding steroid dienone is 1. The Bertz CT molecular complexity index is 354. The second-order valence-corrected chi connectivity index (χ2v) is 3.84. The minimum Gasteiger partial charge on any atom is -0.388 e. The lowest BCUT2D eigenvalue weighted by atomic mass is 10.1. The Morgan fingerprint density at radius 2 is 1.88 bits per heavy atom. The zero-order valence-corrected chi connectivity index (χ0v) is 11.3. The minimum absolute atomic E-state index is 0.777. The fourth-order valence-electron chi connectivity index (χ4n) is 1.17. The lowest BCUT2D eigenvalue weighted by molar-refractivity contribution is -0.104. The molecule has 0 aromatic heterocycles. The van der Waals surface area contributed by atoms with Crippen LogP contribution in [0.3, 0.4) is 0 Å². The van der Waals surface area contributed by atoms with Gasteiger partial charge in [0.05, 0.1) is 0 Å². The number of carbonyl (C=O) groups excluding carboxylic acids is 1. The van der Waals surface area contributed by atoms with Gasteiger partial charge in [0.2, 0.25) is 0 Å². The van der Waals surface area contributed by atoms with Crippen LogP contribution in [0.15, 0.2) is 24.3 Å². The lowest BCUT2D eigenvalue weighted by Crippen LogP contribution is -1.91. The van der Waals surface area contributed by atoms with E-state index in [1.54, 1.807) is 6.08 Å². The molecular weight excluding hydrogens is 210 g/mol. The second kappa shape index (κ2) is 9.64. The van der Waals surface area contributed by atoms with Gasteiger partial charge >= 0.3 is 0 Å². The summed E-state index contributed by atoms with van der Waals surface area (Å²) in [6.07, 6.45) is 6.70.